The number of H-pyrrole nitrogens is 1. The summed E-state index contributed by atoms with van der Waals surface area (Å²) in [5, 5.41) is 9.46. The molecule has 0 aliphatic heterocycles. The van der Waals surface area contributed by atoms with E-state index in [1.54, 1.807) is 18.2 Å². The van der Waals surface area contributed by atoms with Gasteiger partial charge in [-0.3, -0.25) is 4.79 Å². The van der Waals surface area contributed by atoms with E-state index in [4.69, 9.17) is 10.8 Å². The van der Waals surface area contributed by atoms with Crippen molar-refractivity contribution < 1.29 is 9.90 Å². The molecule has 0 unspecified atom stereocenters. The molecule has 5 heteroatoms. The van der Waals surface area contributed by atoms with Crippen LogP contribution in [0.1, 0.15) is 15.9 Å². The van der Waals surface area contributed by atoms with Crippen LogP contribution in [0.4, 0.5) is 5.69 Å². The van der Waals surface area contributed by atoms with Gasteiger partial charge in [0, 0.05) is 10.9 Å². The van der Waals surface area contributed by atoms with Crippen molar-refractivity contribution in [1.29, 1.82) is 0 Å². The zero-order chi connectivity index (χ0) is 11.9. The average molecular weight is 218 g/mol. The normalized spacial score (nSPS) is 10.6. The summed E-state index contributed by atoms with van der Waals surface area (Å²) in [5.74, 6) is -1.20. The number of aryl methyl sites for hydroxylation is 1. The van der Waals surface area contributed by atoms with Crippen LogP contribution in [0.3, 0.4) is 0 Å². The molecule has 0 fully saturated rings. The predicted molar refractivity (Wildman–Crippen MR) is 60.7 cm³/mol. The molecule has 0 aliphatic rings. The van der Waals surface area contributed by atoms with E-state index in [0.717, 1.165) is 5.56 Å². The van der Waals surface area contributed by atoms with Crippen molar-refractivity contribution in [3.63, 3.8) is 0 Å². The molecule has 0 bridgehead atoms. The highest BCUT2D eigenvalue weighted by molar-refractivity contribution is 6.06. The summed E-state index contributed by atoms with van der Waals surface area (Å²) >= 11 is 0. The van der Waals surface area contributed by atoms with Crippen LogP contribution >= 0.6 is 0 Å². The Morgan fingerprint density at radius 3 is 2.75 bits per heavy atom. The molecular formula is C11H10N2O3. The van der Waals surface area contributed by atoms with E-state index in [9.17, 15) is 9.59 Å². The lowest BCUT2D eigenvalue weighted by molar-refractivity contribution is 0.0700. The lowest BCUT2D eigenvalue weighted by atomic mass is 10.1. The van der Waals surface area contributed by atoms with Gasteiger partial charge in [0.25, 0.3) is 5.56 Å². The number of carboxylic acid groups (broad SMARTS) is 1. The van der Waals surface area contributed by atoms with Crippen LogP contribution in [-0.4, -0.2) is 16.1 Å². The first-order valence-electron chi connectivity index (χ1n) is 4.66. The van der Waals surface area contributed by atoms with E-state index < -0.39 is 11.5 Å². The van der Waals surface area contributed by atoms with Crippen LogP contribution in [0, 0.1) is 6.92 Å². The third-order valence-electron chi connectivity index (χ3n) is 2.42. The lowest BCUT2D eigenvalue weighted by Crippen LogP contribution is -2.17. The first-order chi connectivity index (χ1) is 7.50. The number of aromatic carboxylic acids is 1. The van der Waals surface area contributed by atoms with Crippen molar-refractivity contribution in [2.45, 2.75) is 6.92 Å². The first-order valence-corrected chi connectivity index (χ1v) is 4.66. The second-order valence-corrected chi connectivity index (χ2v) is 3.60. The minimum Gasteiger partial charge on any atom is -0.478 e. The lowest BCUT2D eigenvalue weighted by Gasteiger charge is -2.05. The summed E-state index contributed by atoms with van der Waals surface area (Å²) in [7, 11) is 0. The number of pyridine rings is 1. The molecule has 2 aromatic rings. The number of carboxylic acids is 1. The van der Waals surface area contributed by atoms with Gasteiger partial charge in [0.05, 0.1) is 5.56 Å². The summed E-state index contributed by atoms with van der Waals surface area (Å²) in [6, 6.07) is 5.12. The summed E-state index contributed by atoms with van der Waals surface area (Å²) in [4.78, 5) is 25.0. The van der Waals surface area contributed by atoms with E-state index in [-0.39, 0.29) is 11.3 Å². The zero-order valence-corrected chi connectivity index (χ0v) is 8.57. The molecule has 82 valence electrons. The SMILES string of the molecule is Cc1ccc2c(C(=O)O)c(N)c(=O)[nH]c2c1. The number of nitrogen functional groups attached to an aromatic ring is 1. The number of benzene rings is 1. The molecule has 0 radical (unpaired) electrons. The third kappa shape index (κ3) is 1.42. The first kappa shape index (κ1) is 10.2. The van der Waals surface area contributed by atoms with Crippen LogP contribution in [0.15, 0.2) is 23.0 Å². The third-order valence-corrected chi connectivity index (χ3v) is 2.42. The fourth-order valence-corrected chi connectivity index (χ4v) is 1.66. The Morgan fingerprint density at radius 2 is 2.12 bits per heavy atom. The molecule has 2 rings (SSSR count). The van der Waals surface area contributed by atoms with Gasteiger partial charge in [-0.1, -0.05) is 12.1 Å². The van der Waals surface area contributed by atoms with Crippen LogP contribution in [-0.2, 0) is 0 Å². The summed E-state index contributed by atoms with van der Waals surface area (Å²) in [6.07, 6.45) is 0. The fraction of sp³-hybridized carbons (Fsp3) is 0.0909. The van der Waals surface area contributed by atoms with Crippen molar-refractivity contribution in [2.75, 3.05) is 5.73 Å². The zero-order valence-electron chi connectivity index (χ0n) is 8.57. The van der Waals surface area contributed by atoms with Crippen LogP contribution in [0.2, 0.25) is 0 Å². The monoisotopic (exact) mass is 218 g/mol. The van der Waals surface area contributed by atoms with E-state index in [2.05, 4.69) is 4.98 Å². The molecule has 0 spiro atoms. The number of rotatable bonds is 1. The number of hydrogen-bond donors (Lipinski definition) is 3. The highest BCUT2D eigenvalue weighted by Crippen LogP contribution is 2.20. The second kappa shape index (κ2) is 3.37. The van der Waals surface area contributed by atoms with Crippen molar-refractivity contribution in [3.05, 3.63) is 39.7 Å². The Bertz CT molecular complexity index is 643. The number of nitrogens with two attached hydrogens (primary N) is 1. The van der Waals surface area contributed by atoms with Gasteiger partial charge >= 0.3 is 5.97 Å². The minimum absolute atomic E-state index is 0.140. The Morgan fingerprint density at radius 1 is 1.44 bits per heavy atom. The van der Waals surface area contributed by atoms with Gasteiger partial charge in [0.2, 0.25) is 0 Å². The Hall–Kier alpha value is -2.30. The molecule has 5 nitrogen and oxygen atoms in total. The highest BCUT2D eigenvalue weighted by atomic mass is 16.4. The van der Waals surface area contributed by atoms with E-state index in [1.165, 1.54) is 0 Å². The van der Waals surface area contributed by atoms with E-state index in [0.29, 0.717) is 10.9 Å². The van der Waals surface area contributed by atoms with Crippen LogP contribution in [0.5, 0.6) is 0 Å². The van der Waals surface area contributed by atoms with Crippen molar-refractivity contribution in [2.24, 2.45) is 0 Å². The molecule has 0 saturated carbocycles. The van der Waals surface area contributed by atoms with Crippen LogP contribution in [0.25, 0.3) is 10.9 Å². The summed E-state index contributed by atoms with van der Waals surface area (Å²) in [6.45, 7) is 1.86. The van der Waals surface area contributed by atoms with Crippen molar-refractivity contribution in [1.82, 2.24) is 4.98 Å². The highest BCUT2D eigenvalue weighted by Gasteiger charge is 2.15. The Kier molecular flexibility index (Phi) is 2.16. The molecule has 0 amide bonds. The average Bonchev–Trinajstić information content (AvgIpc) is 2.19. The molecule has 4 N–H and O–H groups in total. The quantitative estimate of drug-likeness (QED) is 0.668. The molecule has 1 aromatic carbocycles. The standard InChI is InChI=1S/C11H10N2O3/c1-5-2-3-6-7(4-5)13-10(14)9(12)8(6)11(15)16/h2-4H,12H2,1H3,(H,13,14)(H,15,16). The van der Waals surface area contributed by atoms with Gasteiger partial charge in [0.15, 0.2) is 0 Å². The number of aromatic nitrogens is 1. The number of nitrogens with one attached hydrogen (secondary N) is 1. The number of anilines is 1. The molecule has 1 aromatic heterocycles. The molecule has 1 heterocycles. The van der Waals surface area contributed by atoms with Gasteiger partial charge in [-0.2, -0.15) is 0 Å². The van der Waals surface area contributed by atoms with Gasteiger partial charge < -0.3 is 15.8 Å². The molecule has 16 heavy (non-hydrogen) atoms. The fourth-order valence-electron chi connectivity index (χ4n) is 1.66. The maximum absolute atomic E-state index is 11.4. The van der Waals surface area contributed by atoms with Crippen molar-refractivity contribution in [3.8, 4) is 0 Å². The summed E-state index contributed by atoms with van der Waals surface area (Å²) in [5.41, 5.74) is 5.91. The molecular weight excluding hydrogens is 208 g/mol. The molecule has 0 saturated heterocycles. The van der Waals surface area contributed by atoms with Crippen LogP contribution < -0.4 is 11.3 Å². The Balaban J connectivity index is 3.00. The number of fused-ring (bicyclic) bond motifs is 1. The van der Waals surface area contributed by atoms with Gasteiger partial charge in [-0.05, 0) is 18.6 Å². The number of hydrogen-bond acceptors (Lipinski definition) is 3. The molecule has 0 atom stereocenters. The van der Waals surface area contributed by atoms with Gasteiger partial charge in [-0.15, -0.1) is 0 Å². The van der Waals surface area contributed by atoms with Crippen molar-refractivity contribution >= 4 is 22.6 Å². The maximum Gasteiger partial charge on any atom is 0.338 e. The predicted octanol–water partition coefficient (Wildman–Crippen LogP) is 1.12. The second-order valence-electron chi connectivity index (χ2n) is 3.60. The number of aromatic amines is 1. The maximum atomic E-state index is 11.4. The van der Waals surface area contributed by atoms with E-state index in [1.807, 2.05) is 6.92 Å². The number of carbonyl (C=O) groups is 1. The summed E-state index contributed by atoms with van der Waals surface area (Å²) < 4.78 is 0. The Labute approximate surface area is 90.5 Å². The topological polar surface area (TPSA) is 96.2 Å². The molecule has 0 aliphatic carbocycles. The van der Waals surface area contributed by atoms with Gasteiger partial charge in [0.1, 0.15) is 5.69 Å². The van der Waals surface area contributed by atoms with Gasteiger partial charge in [-0.25, -0.2) is 4.79 Å². The largest absolute Gasteiger partial charge is 0.478 e. The van der Waals surface area contributed by atoms with E-state index >= 15 is 0 Å². The smallest absolute Gasteiger partial charge is 0.338 e. The minimum atomic E-state index is -1.20.